The van der Waals surface area contributed by atoms with Crippen molar-refractivity contribution >= 4 is 16.8 Å². The van der Waals surface area contributed by atoms with Crippen LogP contribution in [0.2, 0.25) is 0 Å². The highest BCUT2D eigenvalue weighted by Crippen LogP contribution is 2.20. The minimum absolute atomic E-state index is 0.0409. The number of likely N-dealkylation sites (tertiary alicyclic amines) is 1. The molecule has 0 bridgehead atoms. The smallest absolute Gasteiger partial charge is 0.252 e. The molecule has 0 saturated carbocycles. The van der Waals surface area contributed by atoms with E-state index in [1.54, 1.807) is 0 Å². The molecular formula is C20H27N3O2. The third-order valence-corrected chi connectivity index (χ3v) is 4.92. The lowest BCUT2D eigenvalue weighted by molar-refractivity contribution is 0.0805. The second-order valence-electron chi connectivity index (χ2n) is 6.84. The maximum Gasteiger partial charge on any atom is 0.252 e. The van der Waals surface area contributed by atoms with Crippen LogP contribution in [0, 0.1) is 6.92 Å². The van der Waals surface area contributed by atoms with Crippen LogP contribution >= 0.6 is 0 Å². The number of amides is 1. The molecule has 1 aromatic carbocycles. The summed E-state index contributed by atoms with van der Waals surface area (Å²) in [4.78, 5) is 19.5. The van der Waals surface area contributed by atoms with Gasteiger partial charge in [-0.05, 0) is 49.9 Å². The zero-order chi connectivity index (χ0) is 17.8. The molecule has 5 nitrogen and oxygen atoms in total. The monoisotopic (exact) mass is 341 g/mol. The fourth-order valence-corrected chi connectivity index (χ4v) is 3.38. The minimum Gasteiger partial charge on any atom is -0.393 e. The Morgan fingerprint density at radius 1 is 1.32 bits per heavy atom. The summed E-state index contributed by atoms with van der Waals surface area (Å²) in [5.74, 6) is -0.0409. The number of fused-ring (bicyclic) bond motifs is 1. The molecule has 2 aromatic rings. The van der Waals surface area contributed by atoms with E-state index >= 15 is 0 Å². The number of aliphatic hydroxyl groups excluding tert-OH is 1. The second-order valence-corrected chi connectivity index (χ2v) is 6.84. The molecule has 1 amide bonds. The number of pyridine rings is 1. The topological polar surface area (TPSA) is 65.5 Å². The van der Waals surface area contributed by atoms with Crippen LogP contribution in [0.25, 0.3) is 10.9 Å². The van der Waals surface area contributed by atoms with Gasteiger partial charge in [-0.2, -0.15) is 0 Å². The summed E-state index contributed by atoms with van der Waals surface area (Å²) in [5, 5.41) is 13.5. The van der Waals surface area contributed by atoms with Gasteiger partial charge < -0.3 is 15.3 Å². The molecule has 1 aromatic heterocycles. The standard InChI is InChI=1S/C20H27N3O2/c1-3-15-4-5-19-17(13-15)18(12-14(2)22-19)20(25)21-8-11-23-9-6-16(24)7-10-23/h4-5,12-13,16,24H,3,6-11H2,1-2H3,(H,21,25). The van der Waals surface area contributed by atoms with E-state index in [2.05, 4.69) is 34.3 Å². The highest BCUT2D eigenvalue weighted by molar-refractivity contribution is 6.06. The number of hydrogen-bond donors (Lipinski definition) is 2. The quantitative estimate of drug-likeness (QED) is 0.876. The molecule has 3 rings (SSSR count). The van der Waals surface area contributed by atoms with Crippen LogP contribution in [0.1, 0.15) is 41.4 Å². The van der Waals surface area contributed by atoms with Crippen LogP contribution in [-0.2, 0) is 6.42 Å². The molecule has 0 atom stereocenters. The number of carbonyl (C=O) groups is 1. The van der Waals surface area contributed by atoms with Crippen molar-refractivity contribution in [2.24, 2.45) is 0 Å². The number of aliphatic hydroxyl groups is 1. The van der Waals surface area contributed by atoms with Crippen molar-refractivity contribution in [2.45, 2.75) is 39.2 Å². The van der Waals surface area contributed by atoms with Crippen molar-refractivity contribution in [3.8, 4) is 0 Å². The van der Waals surface area contributed by atoms with E-state index in [1.807, 2.05) is 19.1 Å². The fourth-order valence-electron chi connectivity index (χ4n) is 3.38. The Hall–Kier alpha value is -1.98. The Bertz CT molecular complexity index is 752. The van der Waals surface area contributed by atoms with Gasteiger partial charge in [-0.25, -0.2) is 0 Å². The van der Waals surface area contributed by atoms with Gasteiger partial charge in [-0.15, -0.1) is 0 Å². The molecule has 0 radical (unpaired) electrons. The van der Waals surface area contributed by atoms with Crippen molar-refractivity contribution < 1.29 is 9.90 Å². The Morgan fingerprint density at radius 2 is 2.08 bits per heavy atom. The van der Waals surface area contributed by atoms with Crippen LogP contribution in [0.15, 0.2) is 24.3 Å². The van der Waals surface area contributed by atoms with E-state index < -0.39 is 0 Å². The first-order valence-electron chi connectivity index (χ1n) is 9.15. The van der Waals surface area contributed by atoms with E-state index in [9.17, 15) is 9.90 Å². The summed E-state index contributed by atoms with van der Waals surface area (Å²) >= 11 is 0. The third kappa shape index (κ3) is 4.35. The first-order valence-corrected chi connectivity index (χ1v) is 9.15. The Labute approximate surface area is 149 Å². The summed E-state index contributed by atoms with van der Waals surface area (Å²) in [5.41, 5.74) is 3.63. The summed E-state index contributed by atoms with van der Waals surface area (Å²) < 4.78 is 0. The number of nitrogens with one attached hydrogen (secondary N) is 1. The van der Waals surface area contributed by atoms with E-state index in [1.165, 1.54) is 5.56 Å². The SMILES string of the molecule is CCc1ccc2nc(C)cc(C(=O)NCCN3CCC(O)CC3)c2c1. The molecule has 1 saturated heterocycles. The average molecular weight is 341 g/mol. The van der Waals surface area contributed by atoms with E-state index in [0.717, 1.165) is 55.5 Å². The van der Waals surface area contributed by atoms with Crippen molar-refractivity contribution in [1.82, 2.24) is 15.2 Å². The number of piperidine rings is 1. The van der Waals surface area contributed by atoms with Gasteiger partial charge in [0.1, 0.15) is 0 Å². The highest BCUT2D eigenvalue weighted by atomic mass is 16.3. The van der Waals surface area contributed by atoms with E-state index in [0.29, 0.717) is 12.1 Å². The number of rotatable bonds is 5. The minimum atomic E-state index is -0.162. The zero-order valence-corrected chi connectivity index (χ0v) is 15.1. The molecule has 25 heavy (non-hydrogen) atoms. The largest absolute Gasteiger partial charge is 0.393 e. The third-order valence-electron chi connectivity index (χ3n) is 4.92. The molecular weight excluding hydrogens is 314 g/mol. The van der Waals surface area contributed by atoms with Crippen molar-refractivity contribution in [3.05, 3.63) is 41.1 Å². The number of aromatic nitrogens is 1. The lowest BCUT2D eigenvalue weighted by Crippen LogP contribution is -2.40. The van der Waals surface area contributed by atoms with Gasteiger partial charge in [0.05, 0.1) is 17.2 Å². The summed E-state index contributed by atoms with van der Waals surface area (Å²) in [6.07, 6.45) is 2.42. The van der Waals surface area contributed by atoms with E-state index in [-0.39, 0.29) is 12.0 Å². The van der Waals surface area contributed by atoms with Gasteiger partial charge in [-0.3, -0.25) is 9.78 Å². The predicted molar refractivity (Wildman–Crippen MR) is 99.9 cm³/mol. The van der Waals surface area contributed by atoms with Crippen molar-refractivity contribution in [1.29, 1.82) is 0 Å². The average Bonchev–Trinajstić information content (AvgIpc) is 2.62. The first kappa shape index (κ1) is 17.8. The Kier molecular flexibility index (Phi) is 5.66. The van der Waals surface area contributed by atoms with Gasteiger partial charge >= 0.3 is 0 Å². The number of benzene rings is 1. The van der Waals surface area contributed by atoms with Crippen LogP contribution in [0.4, 0.5) is 0 Å². The number of hydrogen-bond acceptors (Lipinski definition) is 4. The van der Waals surface area contributed by atoms with Crippen molar-refractivity contribution in [2.75, 3.05) is 26.2 Å². The van der Waals surface area contributed by atoms with Crippen LogP contribution < -0.4 is 5.32 Å². The van der Waals surface area contributed by atoms with Crippen LogP contribution in [-0.4, -0.2) is 53.2 Å². The van der Waals surface area contributed by atoms with E-state index in [4.69, 9.17) is 0 Å². The summed E-state index contributed by atoms with van der Waals surface area (Å²) in [7, 11) is 0. The van der Waals surface area contributed by atoms with Crippen molar-refractivity contribution in [3.63, 3.8) is 0 Å². The zero-order valence-electron chi connectivity index (χ0n) is 15.1. The molecule has 1 aliphatic rings. The van der Waals surface area contributed by atoms with Gasteiger partial charge in [0.2, 0.25) is 0 Å². The molecule has 0 unspecified atom stereocenters. The molecule has 134 valence electrons. The lowest BCUT2D eigenvalue weighted by atomic mass is 10.0. The Balaban J connectivity index is 1.68. The highest BCUT2D eigenvalue weighted by Gasteiger charge is 2.17. The number of aryl methyl sites for hydroxylation is 2. The van der Waals surface area contributed by atoms with Gasteiger partial charge in [0.25, 0.3) is 5.91 Å². The molecule has 5 heteroatoms. The molecule has 2 N–H and O–H groups in total. The van der Waals surface area contributed by atoms with Gasteiger partial charge in [-0.1, -0.05) is 13.0 Å². The predicted octanol–water partition coefficient (Wildman–Crippen LogP) is 2.29. The summed E-state index contributed by atoms with van der Waals surface area (Å²) in [6, 6.07) is 8.01. The lowest BCUT2D eigenvalue weighted by Gasteiger charge is -2.29. The maximum absolute atomic E-state index is 12.7. The fraction of sp³-hybridized carbons (Fsp3) is 0.500. The van der Waals surface area contributed by atoms with Gasteiger partial charge in [0, 0.05) is 37.3 Å². The molecule has 1 fully saturated rings. The molecule has 1 aliphatic heterocycles. The number of nitrogens with zero attached hydrogens (tertiary/aromatic N) is 2. The van der Waals surface area contributed by atoms with Crippen LogP contribution in [0.5, 0.6) is 0 Å². The summed E-state index contributed by atoms with van der Waals surface area (Å²) in [6.45, 7) is 7.26. The maximum atomic E-state index is 12.7. The normalized spacial score (nSPS) is 16.3. The first-order chi connectivity index (χ1) is 12.1. The number of carbonyl (C=O) groups excluding carboxylic acids is 1. The second kappa shape index (κ2) is 7.93. The Morgan fingerprint density at radius 3 is 2.80 bits per heavy atom. The van der Waals surface area contributed by atoms with Gasteiger partial charge in [0.15, 0.2) is 0 Å². The molecule has 0 aliphatic carbocycles. The molecule has 2 heterocycles. The van der Waals surface area contributed by atoms with Crippen LogP contribution in [0.3, 0.4) is 0 Å². The molecule has 0 spiro atoms.